The number of rotatable bonds is 5. The van der Waals surface area contributed by atoms with E-state index in [4.69, 9.17) is 5.73 Å². The Morgan fingerprint density at radius 2 is 1.80 bits per heavy atom. The van der Waals surface area contributed by atoms with E-state index < -0.39 is 0 Å². The fraction of sp³-hybridized carbons (Fsp3) is 0.500. The van der Waals surface area contributed by atoms with E-state index in [1.54, 1.807) is 11.8 Å². The highest BCUT2D eigenvalue weighted by Crippen LogP contribution is 2.20. The maximum absolute atomic E-state index is 9.86. The van der Waals surface area contributed by atoms with Crippen molar-refractivity contribution in [2.24, 2.45) is 5.92 Å². The zero-order valence-corrected chi connectivity index (χ0v) is 10.1. The summed E-state index contributed by atoms with van der Waals surface area (Å²) in [5.74, 6) is 2.52. The lowest BCUT2D eigenvalue weighted by atomic mass is 10.1. The summed E-state index contributed by atoms with van der Waals surface area (Å²) in [6, 6.07) is 7.42. The molecular weight excluding hydrogens is 206 g/mol. The van der Waals surface area contributed by atoms with Crippen LogP contribution in [-0.4, -0.2) is 16.6 Å². The molecule has 15 heavy (non-hydrogen) atoms. The fourth-order valence-electron chi connectivity index (χ4n) is 1.23. The van der Waals surface area contributed by atoms with E-state index in [0.717, 1.165) is 22.8 Å². The number of nitrogens with two attached hydrogens (primary N) is 1. The zero-order chi connectivity index (χ0) is 11.3. The Kier molecular flexibility index (Phi) is 4.99. The van der Waals surface area contributed by atoms with Gasteiger partial charge in [-0.05, 0) is 29.4 Å². The van der Waals surface area contributed by atoms with Crippen LogP contribution >= 0.6 is 11.8 Å². The predicted molar refractivity (Wildman–Crippen MR) is 68.0 cm³/mol. The molecular formula is C12H19NOS. The van der Waals surface area contributed by atoms with Gasteiger partial charge in [-0.1, -0.05) is 26.0 Å². The molecule has 0 spiro atoms. The Morgan fingerprint density at radius 3 is 2.33 bits per heavy atom. The van der Waals surface area contributed by atoms with Crippen LogP contribution in [0.3, 0.4) is 0 Å². The van der Waals surface area contributed by atoms with Gasteiger partial charge in [0.15, 0.2) is 0 Å². The highest BCUT2D eigenvalue weighted by molar-refractivity contribution is 7.99. The van der Waals surface area contributed by atoms with Gasteiger partial charge in [0.2, 0.25) is 0 Å². The Balaban J connectivity index is 2.40. The molecule has 1 aromatic rings. The van der Waals surface area contributed by atoms with Crippen molar-refractivity contribution in [3.8, 4) is 0 Å². The SMILES string of the molecule is CC(C)CSCC(O)c1ccc(N)cc1. The van der Waals surface area contributed by atoms with Crippen LogP contribution in [0.25, 0.3) is 0 Å². The Bertz CT molecular complexity index is 284. The molecule has 0 bridgehead atoms. The molecule has 1 aromatic carbocycles. The van der Waals surface area contributed by atoms with E-state index in [2.05, 4.69) is 13.8 Å². The third kappa shape index (κ3) is 4.58. The van der Waals surface area contributed by atoms with Crippen molar-refractivity contribution in [3.05, 3.63) is 29.8 Å². The quantitative estimate of drug-likeness (QED) is 0.757. The molecule has 0 aliphatic carbocycles. The lowest BCUT2D eigenvalue weighted by Crippen LogP contribution is -2.03. The van der Waals surface area contributed by atoms with Crippen LogP contribution < -0.4 is 5.73 Å². The molecule has 0 aliphatic heterocycles. The average molecular weight is 225 g/mol. The Morgan fingerprint density at radius 1 is 1.20 bits per heavy atom. The van der Waals surface area contributed by atoms with Crippen LogP contribution in [0.4, 0.5) is 5.69 Å². The van der Waals surface area contributed by atoms with Crippen LogP contribution in [0.2, 0.25) is 0 Å². The van der Waals surface area contributed by atoms with E-state index in [-0.39, 0.29) is 6.10 Å². The van der Waals surface area contributed by atoms with Crippen molar-refractivity contribution < 1.29 is 5.11 Å². The Labute approximate surface area is 95.9 Å². The first-order valence-electron chi connectivity index (χ1n) is 5.21. The summed E-state index contributed by atoms with van der Waals surface area (Å²) < 4.78 is 0. The second-order valence-electron chi connectivity index (χ2n) is 4.11. The van der Waals surface area contributed by atoms with Crippen LogP contribution in [0.1, 0.15) is 25.5 Å². The highest BCUT2D eigenvalue weighted by atomic mass is 32.2. The minimum atomic E-state index is -0.380. The van der Waals surface area contributed by atoms with E-state index in [1.165, 1.54) is 0 Å². The second-order valence-corrected chi connectivity index (χ2v) is 5.19. The smallest absolute Gasteiger partial charge is 0.0880 e. The van der Waals surface area contributed by atoms with Crippen LogP contribution in [0.5, 0.6) is 0 Å². The van der Waals surface area contributed by atoms with Crippen molar-refractivity contribution in [2.75, 3.05) is 17.2 Å². The van der Waals surface area contributed by atoms with Crippen molar-refractivity contribution in [1.82, 2.24) is 0 Å². The lowest BCUT2D eigenvalue weighted by molar-refractivity contribution is 0.204. The molecule has 84 valence electrons. The second kappa shape index (κ2) is 6.03. The van der Waals surface area contributed by atoms with Gasteiger partial charge in [0, 0.05) is 11.4 Å². The van der Waals surface area contributed by atoms with Crippen LogP contribution in [0.15, 0.2) is 24.3 Å². The summed E-state index contributed by atoms with van der Waals surface area (Å²) >= 11 is 1.79. The average Bonchev–Trinajstić information content (AvgIpc) is 2.18. The predicted octanol–water partition coefficient (Wildman–Crippen LogP) is 2.69. The molecule has 0 saturated heterocycles. The van der Waals surface area contributed by atoms with Gasteiger partial charge >= 0.3 is 0 Å². The standard InChI is InChI=1S/C12H19NOS/c1-9(2)7-15-8-12(14)10-3-5-11(13)6-4-10/h3-6,9,12,14H,7-8,13H2,1-2H3. The molecule has 3 N–H and O–H groups in total. The summed E-state index contributed by atoms with van der Waals surface area (Å²) in [4.78, 5) is 0. The van der Waals surface area contributed by atoms with Crippen molar-refractivity contribution >= 4 is 17.4 Å². The van der Waals surface area contributed by atoms with Gasteiger partial charge in [0.25, 0.3) is 0 Å². The van der Waals surface area contributed by atoms with Crippen LogP contribution in [-0.2, 0) is 0 Å². The number of thioether (sulfide) groups is 1. The largest absolute Gasteiger partial charge is 0.399 e. The first kappa shape index (κ1) is 12.4. The van der Waals surface area contributed by atoms with Crippen molar-refractivity contribution in [1.29, 1.82) is 0 Å². The van der Waals surface area contributed by atoms with Gasteiger partial charge < -0.3 is 10.8 Å². The summed E-state index contributed by atoms with van der Waals surface area (Å²) in [5.41, 5.74) is 7.26. The minimum absolute atomic E-state index is 0.380. The van der Waals surface area contributed by atoms with Gasteiger partial charge in [0.05, 0.1) is 6.10 Å². The molecule has 2 nitrogen and oxygen atoms in total. The monoisotopic (exact) mass is 225 g/mol. The van der Waals surface area contributed by atoms with Crippen molar-refractivity contribution in [2.45, 2.75) is 20.0 Å². The number of benzene rings is 1. The first-order valence-corrected chi connectivity index (χ1v) is 6.36. The highest BCUT2D eigenvalue weighted by Gasteiger charge is 2.07. The summed E-state index contributed by atoms with van der Waals surface area (Å²) in [7, 11) is 0. The molecule has 1 unspecified atom stereocenters. The van der Waals surface area contributed by atoms with Gasteiger partial charge in [-0.15, -0.1) is 0 Å². The molecule has 0 radical (unpaired) electrons. The third-order valence-corrected chi connectivity index (χ3v) is 3.50. The zero-order valence-electron chi connectivity index (χ0n) is 9.31. The third-order valence-electron chi connectivity index (χ3n) is 2.05. The number of nitrogen functional groups attached to an aromatic ring is 1. The van der Waals surface area contributed by atoms with E-state index in [1.807, 2.05) is 24.3 Å². The lowest BCUT2D eigenvalue weighted by Gasteiger charge is -2.11. The molecule has 0 aromatic heterocycles. The number of hydrogen-bond acceptors (Lipinski definition) is 3. The van der Waals surface area contributed by atoms with Crippen molar-refractivity contribution in [3.63, 3.8) is 0 Å². The number of hydrogen-bond donors (Lipinski definition) is 2. The molecule has 0 aliphatic rings. The molecule has 0 saturated carbocycles. The summed E-state index contributed by atoms with van der Waals surface area (Å²) in [5, 5.41) is 9.86. The normalized spacial score (nSPS) is 13.1. The number of aliphatic hydroxyl groups is 1. The van der Waals surface area contributed by atoms with Gasteiger partial charge in [0.1, 0.15) is 0 Å². The maximum Gasteiger partial charge on any atom is 0.0880 e. The maximum atomic E-state index is 9.86. The molecule has 0 amide bonds. The van der Waals surface area contributed by atoms with Gasteiger partial charge in [-0.25, -0.2) is 0 Å². The number of aliphatic hydroxyl groups excluding tert-OH is 1. The summed E-state index contributed by atoms with van der Waals surface area (Å²) in [6.45, 7) is 4.37. The minimum Gasteiger partial charge on any atom is -0.399 e. The van der Waals surface area contributed by atoms with Gasteiger partial charge in [-0.3, -0.25) is 0 Å². The topological polar surface area (TPSA) is 46.2 Å². The fourth-order valence-corrected chi connectivity index (χ4v) is 2.25. The molecule has 1 atom stereocenters. The number of anilines is 1. The summed E-state index contributed by atoms with van der Waals surface area (Å²) in [6.07, 6.45) is -0.380. The molecule has 0 fully saturated rings. The van der Waals surface area contributed by atoms with E-state index >= 15 is 0 Å². The van der Waals surface area contributed by atoms with Crippen LogP contribution in [0, 0.1) is 5.92 Å². The molecule has 1 rings (SSSR count). The van der Waals surface area contributed by atoms with E-state index in [0.29, 0.717) is 5.92 Å². The van der Waals surface area contributed by atoms with Gasteiger partial charge in [-0.2, -0.15) is 11.8 Å². The molecule has 0 heterocycles. The molecule has 3 heteroatoms. The Hall–Kier alpha value is -0.670. The first-order chi connectivity index (χ1) is 7.09. The van der Waals surface area contributed by atoms with E-state index in [9.17, 15) is 5.11 Å².